The molecule has 148 valence electrons. The van der Waals surface area contributed by atoms with Crippen molar-refractivity contribution in [1.82, 2.24) is 25.0 Å². The summed E-state index contributed by atoms with van der Waals surface area (Å²) < 4.78 is 73.2. The summed E-state index contributed by atoms with van der Waals surface area (Å²) in [6.07, 6.45) is -2.39. The minimum absolute atomic E-state index is 0.0167. The summed E-state index contributed by atoms with van der Waals surface area (Å²) in [5, 5.41) is 7.57. The highest BCUT2D eigenvalue weighted by Crippen LogP contribution is 2.29. The van der Waals surface area contributed by atoms with E-state index in [0.29, 0.717) is 5.69 Å². The van der Waals surface area contributed by atoms with Crippen molar-refractivity contribution < 1.29 is 31.4 Å². The molecule has 0 aliphatic heterocycles. The summed E-state index contributed by atoms with van der Waals surface area (Å²) in [7, 11) is 0. The molecular formula is C15H9ClF5N5O2. The van der Waals surface area contributed by atoms with Crippen LogP contribution in [0.25, 0.3) is 5.69 Å². The van der Waals surface area contributed by atoms with E-state index < -0.39 is 18.6 Å². The van der Waals surface area contributed by atoms with E-state index in [1.807, 2.05) is 0 Å². The highest BCUT2D eigenvalue weighted by atomic mass is 35.5. The Morgan fingerprint density at radius 3 is 2.68 bits per heavy atom. The van der Waals surface area contributed by atoms with Gasteiger partial charge in [0.1, 0.15) is 18.1 Å². The largest absolute Gasteiger partial charge is 0.471 e. The SMILES string of the molecule is FC(F)Oc1cc(-n2cc(COc3ccnc(C(F)(F)F)n3)nn2)ccc1Cl. The van der Waals surface area contributed by atoms with Crippen molar-refractivity contribution in [1.29, 1.82) is 0 Å². The van der Waals surface area contributed by atoms with Gasteiger partial charge >= 0.3 is 12.8 Å². The maximum absolute atomic E-state index is 12.6. The fourth-order valence-corrected chi connectivity index (χ4v) is 2.18. The van der Waals surface area contributed by atoms with Crippen molar-refractivity contribution in [3.63, 3.8) is 0 Å². The van der Waals surface area contributed by atoms with Crippen LogP contribution in [-0.2, 0) is 12.8 Å². The fourth-order valence-electron chi connectivity index (χ4n) is 2.02. The zero-order chi connectivity index (χ0) is 20.3. The van der Waals surface area contributed by atoms with Crippen LogP contribution in [0.1, 0.15) is 11.5 Å². The van der Waals surface area contributed by atoms with E-state index >= 15 is 0 Å². The molecular weight excluding hydrogens is 413 g/mol. The summed E-state index contributed by atoms with van der Waals surface area (Å²) >= 11 is 5.78. The molecule has 3 rings (SSSR count). The molecule has 0 saturated heterocycles. The molecule has 0 atom stereocenters. The molecule has 0 fully saturated rings. The average Bonchev–Trinajstić information content (AvgIpc) is 3.10. The summed E-state index contributed by atoms with van der Waals surface area (Å²) in [6, 6.07) is 5.21. The summed E-state index contributed by atoms with van der Waals surface area (Å²) in [4.78, 5) is 6.38. The Balaban J connectivity index is 1.71. The summed E-state index contributed by atoms with van der Waals surface area (Å²) in [5.74, 6) is -1.87. The van der Waals surface area contributed by atoms with Gasteiger partial charge in [0.05, 0.1) is 16.9 Å². The van der Waals surface area contributed by atoms with Gasteiger partial charge < -0.3 is 9.47 Å². The number of rotatable bonds is 6. The molecule has 0 aliphatic carbocycles. The first kappa shape index (κ1) is 19.7. The highest BCUT2D eigenvalue weighted by molar-refractivity contribution is 6.32. The standard InChI is InChI=1S/C15H9ClF5N5O2/c16-10-2-1-9(5-11(10)28-14(17)18)26-6-8(24-25-26)7-27-12-3-4-22-13(23-12)15(19,20)21/h1-6,14H,7H2. The minimum Gasteiger partial charge on any atom is -0.471 e. The Labute approximate surface area is 158 Å². The Bertz CT molecular complexity index is 966. The maximum Gasteiger partial charge on any atom is 0.451 e. The Hall–Kier alpha value is -3.02. The van der Waals surface area contributed by atoms with Crippen LogP contribution in [0, 0.1) is 0 Å². The third-order valence-electron chi connectivity index (χ3n) is 3.19. The maximum atomic E-state index is 12.6. The molecule has 0 N–H and O–H groups in total. The topological polar surface area (TPSA) is 75.0 Å². The van der Waals surface area contributed by atoms with E-state index in [9.17, 15) is 22.0 Å². The van der Waals surface area contributed by atoms with Gasteiger partial charge in [0.25, 0.3) is 0 Å². The molecule has 7 nitrogen and oxygen atoms in total. The van der Waals surface area contributed by atoms with Crippen LogP contribution in [0.3, 0.4) is 0 Å². The second-order valence-corrected chi connectivity index (χ2v) is 5.56. The van der Waals surface area contributed by atoms with E-state index in [2.05, 4.69) is 25.0 Å². The molecule has 0 amide bonds. The van der Waals surface area contributed by atoms with E-state index in [0.717, 1.165) is 12.3 Å². The molecule has 0 radical (unpaired) electrons. The lowest BCUT2D eigenvalue weighted by molar-refractivity contribution is -0.145. The molecule has 2 heterocycles. The number of aromatic nitrogens is 5. The van der Waals surface area contributed by atoms with Gasteiger partial charge in [-0.3, -0.25) is 0 Å². The van der Waals surface area contributed by atoms with Crippen molar-refractivity contribution in [3.05, 3.63) is 53.2 Å². The lowest BCUT2D eigenvalue weighted by Gasteiger charge is -2.08. The number of alkyl halides is 5. The van der Waals surface area contributed by atoms with Gasteiger partial charge in [-0.1, -0.05) is 16.8 Å². The second kappa shape index (κ2) is 7.92. The van der Waals surface area contributed by atoms with Crippen LogP contribution in [0.2, 0.25) is 5.02 Å². The van der Waals surface area contributed by atoms with Crippen molar-refractivity contribution in [2.45, 2.75) is 19.4 Å². The number of halogens is 6. The quantitative estimate of drug-likeness (QED) is 0.562. The van der Waals surface area contributed by atoms with Gasteiger partial charge in [-0.05, 0) is 12.1 Å². The number of benzene rings is 1. The normalized spacial score (nSPS) is 11.7. The van der Waals surface area contributed by atoms with Crippen LogP contribution in [-0.4, -0.2) is 31.6 Å². The van der Waals surface area contributed by atoms with Crippen molar-refractivity contribution in [2.75, 3.05) is 0 Å². The molecule has 3 aromatic rings. The second-order valence-electron chi connectivity index (χ2n) is 5.15. The molecule has 0 aliphatic rings. The monoisotopic (exact) mass is 421 g/mol. The van der Waals surface area contributed by atoms with E-state index in [1.165, 1.54) is 29.1 Å². The molecule has 0 bridgehead atoms. The van der Waals surface area contributed by atoms with Gasteiger partial charge in [0.2, 0.25) is 11.7 Å². The first-order valence-electron chi connectivity index (χ1n) is 7.41. The van der Waals surface area contributed by atoms with Gasteiger partial charge in [-0.25, -0.2) is 9.67 Å². The van der Waals surface area contributed by atoms with Crippen LogP contribution >= 0.6 is 11.6 Å². The Kier molecular flexibility index (Phi) is 5.58. The zero-order valence-electron chi connectivity index (χ0n) is 13.6. The van der Waals surface area contributed by atoms with Crippen molar-refractivity contribution in [3.8, 4) is 17.3 Å². The average molecular weight is 422 g/mol. The Morgan fingerprint density at radius 2 is 1.96 bits per heavy atom. The summed E-state index contributed by atoms with van der Waals surface area (Å²) in [6.45, 7) is -3.29. The zero-order valence-corrected chi connectivity index (χ0v) is 14.3. The molecule has 1 aromatic carbocycles. The number of hydrogen-bond donors (Lipinski definition) is 0. The molecule has 28 heavy (non-hydrogen) atoms. The predicted molar refractivity (Wildman–Crippen MR) is 84.4 cm³/mol. The van der Waals surface area contributed by atoms with E-state index in [1.54, 1.807) is 0 Å². The van der Waals surface area contributed by atoms with Crippen molar-refractivity contribution >= 4 is 11.6 Å². The molecule has 0 saturated carbocycles. The van der Waals surface area contributed by atoms with Gasteiger partial charge in [-0.2, -0.15) is 26.9 Å². The van der Waals surface area contributed by atoms with Gasteiger partial charge in [0.15, 0.2) is 0 Å². The summed E-state index contributed by atoms with van der Waals surface area (Å²) in [5.41, 5.74) is 0.568. The predicted octanol–water partition coefficient (Wildman–Crippen LogP) is 3.91. The smallest absolute Gasteiger partial charge is 0.451 e. The van der Waals surface area contributed by atoms with Crippen LogP contribution in [0.15, 0.2) is 36.7 Å². The first-order chi connectivity index (χ1) is 13.2. The Morgan fingerprint density at radius 1 is 1.18 bits per heavy atom. The molecule has 2 aromatic heterocycles. The van der Waals surface area contributed by atoms with E-state index in [4.69, 9.17) is 16.3 Å². The number of nitrogens with zero attached hydrogens (tertiary/aromatic N) is 5. The molecule has 13 heteroatoms. The lowest BCUT2D eigenvalue weighted by atomic mass is 10.3. The lowest BCUT2D eigenvalue weighted by Crippen LogP contribution is -2.11. The number of ether oxygens (including phenoxy) is 2. The number of hydrogen-bond acceptors (Lipinski definition) is 6. The third kappa shape index (κ3) is 4.82. The van der Waals surface area contributed by atoms with E-state index in [-0.39, 0.29) is 29.0 Å². The highest BCUT2D eigenvalue weighted by Gasteiger charge is 2.34. The van der Waals surface area contributed by atoms with Crippen molar-refractivity contribution in [2.24, 2.45) is 0 Å². The van der Waals surface area contributed by atoms with Crippen LogP contribution in [0.4, 0.5) is 22.0 Å². The first-order valence-corrected chi connectivity index (χ1v) is 7.79. The molecule has 0 unspecified atom stereocenters. The van der Waals surface area contributed by atoms with Crippen LogP contribution in [0.5, 0.6) is 11.6 Å². The van der Waals surface area contributed by atoms with Gasteiger partial charge in [-0.15, -0.1) is 5.10 Å². The molecule has 0 spiro atoms. The van der Waals surface area contributed by atoms with Gasteiger partial charge in [0, 0.05) is 18.3 Å². The van der Waals surface area contributed by atoms with Crippen LogP contribution < -0.4 is 9.47 Å². The fraction of sp³-hybridized carbons (Fsp3) is 0.200. The minimum atomic E-state index is -4.70. The third-order valence-corrected chi connectivity index (χ3v) is 3.50.